The Kier molecular flexibility index (Phi) is 3.13. The van der Waals surface area contributed by atoms with Gasteiger partial charge < -0.3 is 4.18 Å². The van der Waals surface area contributed by atoms with E-state index >= 15 is 0 Å². The van der Waals surface area contributed by atoms with E-state index in [1.807, 2.05) is 0 Å². The van der Waals surface area contributed by atoms with Gasteiger partial charge in [-0.1, -0.05) is 17.7 Å². The first kappa shape index (κ1) is 11.0. The van der Waals surface area contributed by atoms with Gasteiger partial charge in [-0.05, 0) is 19.1 Å². The summed E-state index contributed by atoms with van der Waals surface area (Å²) in [6.07, 6.45) is 0. The van der Waals surface area contributed by atoms with Crippen LogP contribution in [0.3, 0.4) is 0 Å². The zero-order valence-corrected chi connectivity index (χ0v) is 8.80. The number of aryl methyl sites for hydroxylation is 1. The van der Waals surface area contributed by atoms with Crippen LogP contribution < -0.4 is 0 Å². The Bertz CT molecular complexity index is 452. The second kappa shape index (κ2) is 3.98. The molecule has 0 N–H and O–H groups in total. The maximum atomic E-state index is 11.1. The highest BCUT2D eigenvalue weighted by atomic mass is 35.7. The largest absolute Gasteiger partial charge is 0.404 e. The molecule has 14 heavy (non-hydrogen) atoms. The summed E-state index contributed by atoms with van der Waals surface area (Å²) in [5.41, 5.74) is 0.973. The Morgan fingerprint density at radius 3 is 2.57 bits per heavy atom. The Morgan fingerprint density at radius 2 is 2.07 bits per heavy atom. The lowest BCUT2D eigenvalue weighted by Gasteiger charge is -2.00. The molecule has 0 amide bonds. The van der Waals surface area contributed by atoms with Gasteiger partial charge in [-0.2, -0.15) is 8.42 Å². The number of carbonyl (C=O) groups excluding carboxylic acids is 1. The number of rotatable bonds is 2. The molecule has 0 saturated heterocycles. The van der Waals surface area contributed by atoms with Gasteiger partial charge in [0.1, 0.15) is 0 Å². The molecular weight excluding hydrogens is 228 g/mol. The fourth-order valence-electron chi connectivity index (χ4n) is 0.911. The van der Waals surface area contributed by atoms with Crippen molar-refractivity contribution in [3.63, 3.8) is 0 Å². The molecule has 4 nitrogen and oxygen atoms in total. The Morgan fingerprint density at radius 1 is 1.43 bits per heavy atom. The molecule has 0 aromatic heterocycles. The van der Waals surface area contributed by atoms with E-state index in [9.17, 15) is 13.2 Å². The topological polar surface area (TPSA) is 60.4 Å². The van der Waals surface area contributed by atoms with E-state index in [4.69, 9.17) is 10.7 Å². The second-order valence-electron chi connectivity index (χ2n) is 2.63. The van der Waals surface area contributed by atoms with Crippen molar-refractivity contribution in [2.75, 3.05) is 0 Å². The zero-order chi connectivity index (χ0) is 10.8. The van der Waals surface area contributed by atoms with Crippen LogP contribution in [0.1, 0.15) is 15.9 Å². The highest BCUT2D eigenvalue weighted by Gasteiger charge is 2.15. The number of hydrogen-bond acceptors (Lipinski definition) is 4. The van der Waals surface area contributed by atoms with E-state index < -0.39 is 15.3 Å². The zero-order valence-electron chi connectivity index (χ0n) is 7.23. The predicted octanol–water partition coefficient (Wildman–Crippen LogP) is 1.64. The minimum Gasteiger partial charge on any atom is -0.330 e. The monoisotopic (exact) mass is 234 g/mol. The van der Waals surface area contributed by atoms with Gasteiger partial charge >= 0.3 is 15.3 Å². The molecular formula is C8H7ClO4S. The summed E-state index contributed by atoms with van der Waals surface area (Å²) in [6.45, 7) is 1.77. The van der Waals surface area contributed by atoms with Gasteiger partial charge in [0, 0.05) is 0 Å². The number of hydrogen-bond donors (Lipinski definition) is 0. The molecule has 0 fully saturated rings. The standard InChI is InChI=1S/C8H7ClO4S/c1-6-3-2-4-7(5-6)8(10)13-14(9,11)12/h2-5H,1H3. The molecule has 6 heteroatoms. The van der Waals surface area contributed by atoms with Crippen molar-refractivity contribution >= 4 is 26.0 Å². The number of carbonyl (C=O) groups is 1. The molecule has 0 unspecified atom stereocenters. The maximum absolute atomic E-state index is 11.1. The quantitative estimate of drug-likeness (QED) is 0.730. The van der Waals surface area contributed by atoms with Crippen LogP contribution in [0.15, 0.2) is 24.3 Å². The van der Waals surface area contributed by atoms with E-state index in [1.54, 1.807) is 19.1 Å². The fourth-order valence-corrected chi connectivity index (χ4v) is 1.36. The first-order valence-corrected chi connectivity index (χ1v) is 5.87. The molecule has 1 aromatic rings. The van der Waals surface area contributed by atoms with Crippen LogP contribution in [-0.2, 0) is 13.5 Å². The van der Waals surface area contributed by atoms with E-state index in [-0.39, 0.29) is 5.56 Å². The molecule has 0 atom stereocenters. The van der Waals surface area contributed by atoms with Crippen LogP contribution in [0.4, 0.5) is 0 Å². The van der Waals surface area contributed by atoms with E-state index in [2.05, 4.69) is 4.18 Å². The van der Waals surface area contributed by atoms with Gasteiger partial charge in [-0.25, -0.2) is 4.79 Å². The molecule has 0 aliphatic rings. The summed E-state index contributed by atoms with van der Waals surface area (Å²) in [5.74, 6) is -0.983. The highest BCUT2D eigenvalue weighted by molar-refractivity contribution is 8.10. The second-order valence-corrected chi connectivity index (χ2v) is 4.72. The summed E-state index contributed by atoms with van der Waals surface area (Å²) in [5, 5.41) is 0. The van der Waals surface area contributed by atoms with Crippen molar-refractivity contribution in [3.05, 3.63) is 35.4 Å². The average molecular weight is 235 g/mol. The molecule has 0 spiro atoms. The molecule has 0 aliphatic carbocycles. The lowest BCUT2D eigenvalue weighted by Crippen LogP contribution is -2.08. The average Bonchev–Trinajstić information content (AvgIpc) is 2.01. The lowest BCUT2D eigenvalue weighted by molar-refractivity contribution is 0.0751. The van der Waals surface area contributed by atoms with Crippen molar-refractivity contribution in [1.82, 2.24) is 0 Å². The van der Waals surface area contributed by atoms with Crippen LogP contribution >= 0.6 is 10.7 Å². The van der Waals surface area contributed by atoms with Crippen molar-refractivity contribution in [1.29, 1.82) is 0 Å². The first-order valence-electron chi connectivity index (χ1n) is 3.63. The molecule has 0 saturated carbocycles. The smallest absolute Gasteiger partial charge is 0.330 e. The first-order chi connectivity index (χ1) is 6.38. The number of benzene rings is 1. The summed E-state index contributed by atoms with van der Waals surface area (Å²) in [6, 6.07) is 6.33. The summed E-state index contributed by atoms with van der Waals surface area (Å²) < 4.78 is 24.8. The molecule has 1 rings (SSSR count). The Hall–Kier alpha value is -1.07. The van der Waals surface area contributed by atoms with Gasteiger partial charge in [0.05, 0.1) is 16.2 Å². The molecule has 76 valence electrons. The summed E-state index contributed by atoms with van der Waals surface area (Å²) in [4.78, 5) is 11.1. The van der Waals surface area contributed by atoms with Crippen LogP contribution in [-0.4, -0.2) is 14.4 Å². The fraction of sp³-hybridized carbons (Fsp3) is 0.125. The molecule has 0 aliphatic heterocycles. The summed E-state index contributed by atoms with van der Waals surface area (Å²) >= 11 is 0. The molecule has 0 radical (unpaired) electrons. The van der Waals surface area contributed by atoms with Gasteiger partial charge in [0.15, 0.2) is 0 Å². The van der Waals surface area contributed by atoms with Crippen molar-refractivity contribution < 1.29 is 17.4 Å². The molecule has 0 bridgehead atoms. The predicted molar refractivity (Wildman–Crippen MR) is 51.4 cm³/mol. The van der Waals surface area contributed by atoms with Crippen LogP contribution in [0.2, 0.25) is 0 Å². The van der Waals surface area contributed by atoms with E-state index in [1.165, 1.54) is 12.1 Å². The van der Waals surface area contributed by atoms with E-state index in [0.717, 1.165) is 5.56 Å². The third-order valence-corrected chi connectivity index (χ3v) is 1.97. The number of halogens is 1. The highest BCUT2D eigenvalue weighted by Crippen LogP contribution is 2.09. The maximum Gasteiger partial charge on any atom is 0.404 e. The minimum atomic E-state index is -4.26. The molecule has 0 heterocycles. The van der Waals surface area contributed by atoms with E-state index in [0.29, 0.717) is 0 Å². The lowest BCUT2D eigenvalue weighted by atomic mass is 10.1. The normalized spacial score (nSPS) is 11.0. The van der Waals surface area contributed by atoms with Crippen LogP contribution in [0.25, 0.3) is 0 Å². The summed E-state index contributed by atoms with van der Waals surface area (Å²) in [7, 11) is 0.485. The third-order valence-electron chi connectivity index (χ3n) is 1.43. The van der Waals surface area contributed by atoms with Crippen molar-refractivity contribution in [3.8, 4) is 0 Å². The van der Waals surface area contributed by atoms with Gasteiger partial charge in [0.2, 0.25) is 0 Å². The third kappa shape index (κ3) is 3.35. The van der Waals surface area contributed by atoms with Crippen molar-refractivity contribution in [2.45, 2.75) is 6.92 Å². The minimum absolute atomic E-state index is 0.147. The molecule has 1 aromatic carbocycles. The van der Waals surface area contributed by atoms with Crippen molar-refractivity contribution in [2.24, 2.45) is 0 Å². The van der Waals surface area contributed by atoms with Crippen LogP contribution in [0, 0.1) is 6.92 Å². The van der Waals surface area contributed by atoms with Gasteiger partial charge in [0.25, 0.3) is 0 Å². The van der Waals surface area contributed by atoms with Gasteiger partial charge in [-0.3, -0.25) is 0 Å². The van der Waals surface area contributed by atoms with Gasteiger partial charge in [-0.15, -0.1) is 0 Å². The Labute approximate surface area is 86.1 Å². The SMILES string of the molecule is Cc1cccc(C(=O)OS(=O)(=O)Cl)c1. The Balaban J connectivity index is 2.91. The van der Waals surface area contributed by atoms with Crippen LogP contribution in [0.5, 0.6) is 0 Å².